The predicted molar refractivity (Wildman–Crippen MR) is 80.1 cm³/mol. The molecule has 2 atom stereocenters. The molecule has 2 fully saturated rings. The first-order valence-corrected chi connectivity index (χ1v) is 7.86. The molecule has 1 saturated carbocycles. The summed E-state index contributed by atoms with van der Waals surface area (Å²) >= 11 is 3.46. The molecule has 1 heterocycles. The Bertz CT molecular complexity index is 567. The van der Waals surface area contributed by atoms with E-state index in [4.69, 9.17) is 0 Å². The van der Waals surface area contributed by atoms with Crippen molar-refractivity contribution in [3.63, 3.8) is 0 Å². The average Bonchev–Trinajstić information content (AvgIpc) is 3.10. The minimum atomic E-state index is -0.263. The van der Waals surface area contributed by atoms with E-state index in [0.29, 0.717) is 12.3 Å². The fourth-order valence-corrected chi connectivity index (χ4v) is 3.87. The van der Waals surface area contributed by atoms with Crippen molar-refractivity contribution in [2.45, 2.75) is 38.5 Å². The van der Waals surface area contributed by atoms with Crippen molar-refractivity contribution < 1.29 is 9.59 Å². The molecule has 0 bridgehead atoms. The normalized spacial score (nSPS) is 30.2. The second-order valence-corrected chi connectivity index (χ2v) is 7.29. The lowest BCUT2D eigenvalue weighted by Gasteiger charge is -2.40. The first kappa shape index (κ1) is 13.8. The lowest BCUT2D eigenvalue weighted by Crippen LogP contribution is -2.49. The zero-order valence-corrected chi connectivity index (χ0v) is 13.1. The molecule has 1 saturated heterocycles. The smallest absolute Gasteiger partial charge is 0.234 e. The summed E-state index contributed by atoms with van der Waals surface area (Å²) in [6, 6.07) is 7.87. The number of halogens is 1. The summed E-state index contributed by atoms with van der Waals surface area (Å²) in [6.45, 7) is 2.09. The van der Waals surface area contributed by atoms with Crippen molar-refractivity contribution in [1.82, 2.24) is 5.32 Å². The summed E-state index contributed by atoms with van der Waals surface area (Å²) in [7, 11) is 0. The van der Waals surface area contributed by atoms with Gasteiger partial charge in [0.1, 0.15) is 0 Å². The number of hydrogen-bond acceptors (Lipinski definition) is 2. The third-order valence-electron chi connectivity index (χ3n) is 4.42. The van der Waals surface area contributed by atoms with Crippen LogP contribution in [0.4, 0.5) is 0 Å². The number of nitrogens with one attached hydrogen (secondary N) is 1. The van der Waals surface area contributed by atoms with E-state index in [1.807, 2.05) is 24.3 Å². The fraction of sp³-hybridized carbons (Fsp3) is 0.500. The van der Waals surface area contributed by atoms with Gasteiger partial charge in [0.25, 0.3) is 0 Å². The monoisotopic (exact) mass is 335 g/mol. The number of carbonyl (C=O) groups is 2. The van der Waals surface area contributed by atoms with Gasteiger partial charge in [-0.15, -0.1) is 0 Å². The first-order chi connectivity index (χ1) is 9.48. The van der Waals surface area contributed by atoms with Crippen LogP contribution in [0.5, 0.6) is 0 Å². The quantitative estimate of drug-likeness (QED) is 0.860. The van der Waals surface area contributed by atoms with E-state index in [9.17, 15) is 9.59 Å². The molecule has 0 aromatic heterocycles. The lowest BCUT2D eigenvalue weighted by atomic mass is 9.66. The van der Waals surface area contributed by atoms with Gasteiger partial charge in [-0.1, -0.05) is 47.8 Å². The van der Waals surface area contributed by atoms with Crippen molar-refractivity contribution in [3.8, 4) is 0 Å². The van der Waals surface area contributed by atoms with Crippen molar-refractivity contribution >= 4 is 27.7 Å². The molecule has 1 N–H and O–H groups in total. The highest BCUT2D eigenvalue weighted by Gasteiger charge is 2.48. The van der Waals surface area contributed by atoms with Crippen LogP contribution in [0.15, 0.2) is 28.7 Å². The van der Waals surface area contributed by atoms with E-state index in [1.54, 1.807) is 0 Å². The summed E-state index contributed by atoms with van der Waals surface area (Å²) in [5.74, 6) is 0.165. The van der Waals surface area contributed by atoms with Gasteiger partial charge in [-0.25, -0.2) is 0 Å². The number of carbonyl (C=O) groups excluding carboxylic acids is 2. The van der Waals surface area contributed by atoms with Gasteiger partial charge in [-0.2, -0.15) is 0 Å². The zero-order valence-electron chi connectivity index (χ0n) is 11.5. The van der Waals surface area contributed by atoms with E-state index in [2.05, 4.69) is 28.2 Å². The first-order valence-electron chi connectivity index (χ1n) is 7.07. The Labute approximate surface area is 127 Å². The highest BCUT2D eigenvalue weighted by molar-refractivity contribution is 9.10. The standard InChI is InChI=1S/C16H18BrNO2/c1-16(8-10-5-6-10)9-13(19)18-15(20)14(16)11-3-2-4-12(17)7-11/h2-4,7,10,14H,5-6,8-9H2,1H3,(H,18,19,20). The number of rotatable bonds is 3. The van der Waals surface area contributed by atoms with Crippen LogP contribution >= 0.6 is 15.9 Å². The zero-order chi connectivity index (χ0) is 14.3. The Hall–Kier alpha value is -1.16. The summed E-state index contributed by atoms with van der Waals surface area (Å²) < 4.78 is 0.966. The van der Waals surface area contributed by atoms with Gasteiger partial charge in [0.15, 0.2) is 0 Å². The van der Waals surface area contributed by atoms with Crippen LogP contribution in [-0.2, 0) is 9.59 Å². The minimum absolute atomic E-state index is 0.135. The molecular weight excluding hydrogens is 318 g/mol. The second-order valence-electron chi connectivity index (χ2n) is 6.38. The molecule has 20 heavy (non-hydrogen) atoms. The topological polar surface area (TPSA) is 46.2 Å². The molecule has 2 unspecified atom stereocenters. The van der Waals surface area contributed by atoms with E-state index >= 15 is 0 Å². The number of imide groups is 1. The van der Waals surface area contributed by atoms with Gasteiger partial charge in [0, 0.05) is 10.9 Å². The summed E-state index contributed by atoms with van der Waals surface area (Å²) in [5.41, 5.74) is 0.731. The third-order valence-corrected chi connectivity index (χ3v) is 4.91. The molecule has 2 aliphatic rings. The van der Waals surface area contributed by atoms with E-state index in [-0.39, 0.29) is 23.1 Å². The van der Waals surface area contributed by atoms with Crippen LogP contribution in [0, 0.1) is 11.3 Å². The highest BCUT2D eigenvalue weighted by Crippen LogP contribution is 2.50. The Balaban J connectivity index is 1.98. The molecule has 1 aliphatic carbocycles. The fourth-order valence-electron chi connectivity index (χ4n) is 3.45. The summed E-state index contributed by atoms with van der Waals surface area (Å²) in [4.78, 5) is 24.2. The number of benzene rings is 1. The molecule has 0 radical (unpaired) electrons. The Morgan fingerprint density at radius 3 is 2.75 bits per heavy atom. The van der Waals surface area contributed by atoms with E-state index in [1.165, 1.54) is 12.8 Å². The largest absolute Gasteiger partial charge is 0.296 e. The summed E-state index contributed by atoms with van der Waals surface area (Å²) in [5, 5.41) is 2.50. The van der Waals surface area contributed by atoms with Crippen molar-refractivity contribution in [2.24, 2.45) is 11.3 Å². The molecular formula is C16H18BrNO2. The molecule has 1 aromatic rings. The molecule has 3 rings (SSSR count). The summed E-state index contributed by atoms with van der Waals surface area (Å²) in [6.07, 6.45) is 3.86. The van der Waals surface area contributed by atoms with Gasteiger partial charge in [0.05, 0.1) is 5.92 Å². The van der Waals surface area contributed by atoms with E-state index < -0.39 is 0 Å². The predicted octanol–water partition coefficient (Wildman–Crippen LogP) is 3.39. The maximum atomic E-state index is 12.4. The van der Waals surface area contributed by atoms with Crippen LogP contribution < -0.4 is 5.32 Å². The van der Waals surface area contributed by atoms with Crippen molar-refractivity contribution in [3.05, 3.63) is 34.3 Å². The Morgan fingerprint density at radius 1 is 1.35 bits per heavy atom. The van der Waals surface area contributed by atoms with Gasteiger partial charge >= 0.3 is 0 Å². The third kappa shape index (κ3) is 2.66. The SMILES string of the molecule is CC1(CC2CC2)CC(=O)NC(=O)C1c1cccc(Br)c1. The molecule has 1 aliphatic heterocycles. The maximum absolute atomic E-state index is 12.4. The lowest BCUT2D eigenvalue weighted by molar-refractivity contribution is -0.139. The molecule has 106 valence electrons. The van der Waals surface area contributed by atoms with Crippen molar-refractivity contribution in [2.75, 3.05) is 0 Å². The highest BCUT2D eigenvalue weighted by atomic mass is 79.9. The van der Waals surface area contributed by atoms with Gasteiger partial charge in [-0.3, -0.25) is 14.9 Å². The van der Waals surface area contributed by atoms with Gasteiger partial charge < -0.3 is 0 Å². The molecule has 3 nitrogen and oxygen atoms in total. The maximum Gasteiger partial charge on any atom is 0.234 e. The number of amides is 2. The van der Waals surface area contributed by atoms with Gasteiger partial charge in [-0.05, 0) is 35.4 Å². The van der Waals surface area contributed by atoms with Crippen molar-refractivity contribution in [1.29, 1.82) is 0 Å². The van der Waals surface area contributed by atoms with Crippen LogP contribution in [0.1, 0.15) is 44.1 Å². The van der Waals surface area contributed by atoms with Crippen LogP contribution in [-0.4, -0.2) is 11.8 Å². The number of hydrogen-bond donors (Lipinski definition) is 1. The van der Waals surface area contributed by atoms with Crippen LogP contribution in [0.3, 0.4) is 0 Å². The Kier molecular flexibility index (Phi) is 3.44. The molecule has 2 amide bonds. The minimum Gasteiger partial charge on any atom is -0.296 e. The van der Waals surface area contributed by atoms with Crippen LogP contribution in [0.25, 0.3) is 0 Å². The number of piperidine rings is 1. The van der Waals surface area contributed by atoms with Crippen LogP contribution in [0.2, 0.25) is 0 Å². The van der Waals surface area contributed by atoms with Gasteiger partial charge in [0.2, 0.25) is 11.8 Å². The molecule has 1 aromatic carbocycles. The molecule has 0 spiro atoms. The second kappa shape index (κ2) is 4.99. The van der Waals surface area contributed by atoms with E-state index in [0.717, 1.165) is 16.5 Å². The average molecular weight is 336 g/mol. The Morgan fingerprint density at radius 2 is 2.10 bits per heavy atom. The molecule has 4 heteroatoms.